The molecule has 0 aromatic heterocycles. The SMILES string of the molecule is COC(=O)c1c(F)c(F)cc(F)c1NCc1ccccc1. The van der Waals surface area contributed by atoms with Crippen LogP contribution in [0.5, 0.6) is 0 Å². The molecule has 3 nitrogen and oxygen atoms in total. The second-order valence-electron chi connectivity index (χ2n) is 4.23. The molecule has 0 atom stereocenters. The summed E-state index contributed by atoms with van der Waals surface area (Å²) in [6.45, 7) is 0.146. The molecule has 0 spiro atoms. The molecule has 0 heterocycles. The number of carbonyl (C=O) groups is 1. The lowest BCUT2D eigenvalue weighted by atomic mass is 10.1. The van der Waals surface area contributed by atoms with Gasteiger partial charge >= 0.3 is 5.97 Å². The summed E-state index contributed by atoms with van der Waals surface area (Å²) in [6, 6.07) is 9.28. The number of halogens is 3. The summed E-state index contributed by atoms with van der Waals surface area (Å²) in [6.07, 6.45) is 0. The first-order chi connectivity index (χ1) is 10.0. The second-order valence-corrected chi connectivity index (χ2v) is 4.23. The number of anilines is 1. The zero-order valence-electron chi connectivity index (χ0n) is 11.1. The lowest BCUT2D eigenvalue weighted by Gasteiger charge is -2.13. The molecule has 0 radical (unpaired) electrons. The summed E-state index contributed by atoms with van der Waals surface area (Å²) in [5.74, 6) is -5.11. The van der Waals surface area contributed by atoms with Gasteiger partial charge in [-0.1, -0.05) is 30.3 Å². The third kappa shape index (κ3) is 3.16. The largest absolute Gasteiger partial charge is 0.465 e. The minimum absolute atomic E-state index is 0.146. The normalized spacial score (nSPS) is 10.3. The molecule has 0 aliphatic heterocycles. The quantitative estimate of drug-likeness (QED) is 0.693. The molecular weight excluding hydrogens is 283 g/mol. The summed E-state index contributed by atoms with van der Waals surface area (Å²) in [5, 5.41) is 2.60. The first kappa shape index (κ1) is 14.9. The van der Waals surface area contributed by atoms with E-state index in [1.54, 1.807) is 24.3 Å². The lowest BCUT2D eigenvalue weighted by Crippen LogP contribution is -2.14. The van der Waals surface area contributed by atoms with Crippen LogP contribution in [0.25, 0.3) is 0 Å². The molecule has 0 saturated carbocycles. The number of nitrogens with one attached hydrogen (secondary N) is 1. The lowest BCUT2D eigenvalue weighted by molar-refractivity contribution is 0.0595. The minimum Gasteiger partial charge on any atom is -0.465 e. The van der Waals surface area contributed by atoms with Gasteiger partial charge in [0.1, 0.15) is 11.4 Å². The highest BCUT2D eigenvalue weighted by molar-refractivity contribution is 5.96. The van der Waals surface area contributed by atoms with E-state index in [-0.39, 0.29) is 6.54 Å². The van der Waals surface area contributed by atoms with Crippen LogP contribution in [-0.2, 0) is 11.3 Å². The molecule has 0 amide bonds. The van der Waals surface area contributed by atoms with Crippen molar-refractivity contribution in [3.63, 3.8) is 0 Å². The molecule has 2 rings (SSSR count). The zero-order chi connectivity index (χ0) is 15.4. The molecular formula is C15H12F3NO2. The number of ether oxygens (including phenoxy) is 1. The van der Waals surface area contributed by atoms with Crippen LogP contribution in [-0.4, -0.2) is 13.1 Å². The number of rotatable bonds is 4. The Morgan fingerprint density at radius 1 is 1.14 bits per heavy atom. The molecule has 2 aromatic carbocycles. The topological polar surface area (TPSA) is 38.3 Å². The van der Waals surface area contributed by atoms with E-state index in [0.717, 1.165) is 12.7 Å². The van der Waals surface area contributed by atoms with E-state index in [1.807, 2.05) is 6.07 Å². The first-order valence-electron chi connectivity index (χ1n) is 6.08. The fraction of sp³-hybridized carbons (Fsp3) is 0.133. The Labute approximate surface area is 119 Å². The number of methoxy groups -OCH3 is 1. The summed E-state index contributed by atoms with van der Waals surface area (Å²) < 4.78 is 45.1. The second kappa shape index (κ2) is 6.30. The molecule has 1 N–H and O–H groups in total. The zero-order valence-corrected chi connectivity index (χ0v) is 11.1. The van der Waals surface area contributed by atoms with Crippen LogP contribution >= 0.6 is 0 Å². The number of benzene rings is 2. The van der Waals surface area contributed by atoms with Gasteiger partial charge in [0.15, 0.2) is 11.6 Å². The van der Waals surface area contributed by atoms with E-state index < -0.39 is 34.7 Å². The van der Waals surface area contributed by atoms with Crippen LogP contribution < -0.4 is 5.32 Å². The highest BCUT2D eigenvalue weighted by atomic mass is 19.2. The Balaban J connectivity index is 2.38. The van der Waals surface area contributed by atoms with Crippen LogP contribution in [0.3, 0.4) is 0 Å². The Hall–Kier alpha value is -2.50. The molecule has 0 bridgehead atoms. The van der Waals surface area contributed by atoms with Crippen molar-refractivity contribution in [2.45, 2.75) is 6.54 Å². The fourth-order valence-corrected chi connectivity index (χ4v) is 1.85. The van der Waals surface area contributed by atoms with Gasteiger partial charge in [0, 0.05) is 12.6 Å². The molecule has 0 saturated heterocycles. The van der Waals surface area contributed by atoms with Gasteiger partial charge in [-0.3, -0.25) is 0 Å². The van der Waals surface area contributed by atoms with Crippen molar-refractivity contribution in [2.24, 2.45) is 0 Å². The number of carbonyl (C=O) groups excluding carboxylic acids is 1. The van der Waals surface area contributed by atoms with Gasteiger partial charge in [-0.15, -0.1) is 0 Å². The summed E-state index contributed by atoms with van der Waals surface area (Å²) in [4.78, 5) is 11.5. The number of esters is 1. The molecule has 6 heteroatoms. The molecule has 0 fully saturated rings. The summed E-state index contributed by atoms with van der Waals surface area (Å²) in [5.41, 5.74) is -0.423. The highest BCUT2D eigenvalue weighted by Crippen LogP contribution is 2.26. The highest BCUT2D eigenvalue weighted by Gasteiger charge is 2.24. The number of hydrogen-bond donors (Lipinski definition) is 1. The van der Waals surface area contributed by atoms with Crippen molar-refractivity contribution in [2.75, 3.05) is 12.4 Å². The van der Waals surface area contributed by atoms with E-state index in [4.69, 9.17) is 0 Å². The van der Waals surface area contributed by atoms with Crippen molar-refractivity contribution < 1.29 is 22.7 Å². The van der Waals surface area contributed by atoms with Gasteiger partial charge in [-0.05, 0) is 5.56 Å². The van der Waals surface area contributed by atoms with E-state index in [2.05, 4.69) is 10.1 Å². The van der Waals surface area contributed by atoms with Crippen LogP contribution in [0.2, 0.25) is 0 Å². The Kier molecular flexibility index (Phi) is 4.47. The van der Waals surface area contributed by atoms with Gasteiger partial charge in [0.05, 0.1) is 12.8 Å². The third-order valence-electron chi connectivity index (χ3n) is 2.87. The Morgan fingerprint density at radius 3 is 2.43 bits per heavy atom. The van der Waals surface area contributed by atoms with E-state index in [0.29, 0.717) is 6.07 Å². The average molecular weight is 295 g/mol. The van der Waals surface area contributed by atoms with Crippen molar-refractivity contribution in [3.05, 3.63) is 65.0 Å². The van der Waals surface area contributed by atoms with Crippen molar-refractivity contribution in [3.8, 4) is 0 Å². The predicted octanol–water partition coefficient (Wildman–Crippen LogP) is 3.50. The smallest absolute Gasteiger partial charge is 0.343 e. The summed E-state index contributed by atoms with van der Waals surface area (Å²) in [7, 11) is 1.01. The third-order valence-corrected chi connectivity index (χ3v) is 2.87. The van der Waals surface area contributed by atoms with Crippen LogP contribution in [0.1, 0.15) is 15.9 Å². The maximum absolute atomic E-state index is 13.8. The molecule has 21 heavy (non-hydrogen) atoms. The van der Waals surface area contributed by atoms with Crippen molar-refractivity contribution in [1.82, 2.24) is 0 Å². The van der Waals surface area contributed by atoms with Crippen molar-refractivity contribution >= 4 is 11.7 Å². The Bertz CT molecular complexity index is 660. The van der Waals surface area contributed by atoms with Gasteiger partial charge in [-0.2, -0.15) is 0 Å². The maximum Gasteiger partial charge on any atom is 0.343 e. The van der Waals surface area contributed by atoms with E-state index >= 15 is 0 Å². The molecule has 0 aliphatic rings. The molecule has 0 unspecified atom stereocenters. The standard InChI is InChI=1S/C15H12F3NO2/c1-21-15(20)12-13(18)10(16)7-11(17)14(12)19-8-9-5-3-2-4-6-9/h2-7,19H,8H2,1H3. The summed E-state index contributed by atoms with van der Waals surface area (Å²) >= 11 is 0. The Morgan fingerprint density at radius 2 is 1.81 bits per heavy atom. The van der Waals surface area contributed by atoms with Crippen LogP contribution in [0.15, 0.2) is 36.4 Å². The van der Waals surface area contributed by atoms with Gasteiger partial charge in [-0.25, -0.2) is 18.0 Å². The number of hydrogen-bond acceptors (Lipinski definition) is 3. The van der Waals surface area contributed by atoms with Crippen molar-refractivity contribution in [1.29, 1.82) is 0 Å². The molecule has 110 valence electrons. The van der Waals surface area contributed by atoms with Gasteiger partial charge in [0.2, 0.25) is 0 Å². The maximum atomic E-state index is 13.8. The van der Waals surface area contributed by atoms with Gasteiger partial charge < -0.3 is 10.1 Å². The van der Waals surface area contributed by atoms with Crippen LogP contribution in [0.4, 0.5) is 18.9 Å². The first-order valence-corrected chi connectivity index (χ1v) is 6.08. The minimum atomic E-state index is -1.45. The van der Waals surface area contributed by atoms with Gasteiger partial charge in [0.25, 0.3) is 0 Å². The predicted molar refractivity (Wildman–Crippen MR) is 71.4 cm³/mol. The van der Waals surface area contributed by atoms with E-state index in [9.17, 15) is 18.0 Å². The molecule has 0 aliphatic carbocycles. The fourth-order valence-electron chi connectivity index (χ4n) is 1.85. The average Bonchev–Trinajstić information content (AvgIpc) is 2.49. The van der Waals surface area contributed by atoms with Crippen LogP contribution in [0, 0.1) is 17.5 Å². The van der Waals surface area contributed by atoms with E-state index in [1.165, 1.54) is 0 Å². The molecule has 2 aromatic rings. The monoisotopic (exact) mass is 295 g/mol.